The third-order valence-corrected chi connectivity index (χ3v) is 6.53. The maximum Gasteiger partial charge on any atom is 0.307 e. The number of aliphatic carboxylic acids is 1. The van der Waals surface area contributed by atoms with Gasteiger partial charge in [-0.3, -0.25) is 9.36 Å². The quantitative estimate of drug-likeness (QED) is 0.564. The molecule has 1 aromatic rings. The zero-order valence-corrected chi connectivity index (χ0v) is 13.4. The zero-order chi connectivity index (χ0) is 15.2. The predicted molar refractivity (Wildman–Crippen MR) is 82.4 cm³/mol. The van der Waals surface area contributed by atoms with Crippen LogP contribution < -0.4 is 0 Å². The molecule has 112 valence electrons. The first-order chi connectivity index (χ1) is 9.30. The lowest BCUT2D eigenvalue weighted by Gasteiger charge is -2.18. The van der Waals surface area contributed by atoms with Gasteiger partial charge in [0.25, 0.3) is 0 Å². The highest BCUT2D eigenvalue weighted by molar-refractivity contribution is 8.05. The van der Waals surface area contributed by atoms with E-state index < -0.39 is 19.3 Å². The van der Waals surface area contributed by atoms with Crippen LogP contribution in [0.4, 0.5) is 0 Å². The third kappa shape index (κ3) is 6.60. The standard InChI is InChI=1S/C14H21O4PS/c1-11(2)8-12(14(15)16)9-19(17,18)10-20-13-6-4-3-5-7-13/h3-7,11-12H,8-10H2,1-2H3,(H,15,16)(H,17,18). The number of carbonyl (C=O) groups is 1. The summed E-state index contributed by atoms with van der Waals surface area (Å²) in [6.07, 6.45) is 0.274. The summed E-state index contributed by atoms with van der Waals surface area (Å²) in [6.45, 7) is 3.83. The molecule has 1 rings (SSSR count). The summed E-state index contributed by atoms with van der Waals surface area (Å²) in [5.74, 6) is -1.54. The Hall–Kier alpha value is -0.770. The topological polar surface area (TPSA) is 74.6 Å². The third-order valence-electron chi connectivity index (χ3n) is 2.79. The van der Waals surface area contributed by atoms with E-state index >= 15 is 0 Å². The number of hydrogen-bond donors (Lipinski definition) is 2. The second kappa shape index (κ2) is 7.87. The van der Waals surface area contributed by atoms with Crippen molar-refractivity contribution in [3.05, 3.63) is 30.3 Å². The van der Waals surface area contributed by atoms with Gasteiger partial charge in [-0.1, -0.05) is 32.0 Å². The van der Waals surface area contributed by atoms with Gasteiger partial charge in [0.1, 0.15) is 0 Å². The number of rotatable bonds is 8. The lowest BCUT2D eigenvalue weighted by molar-refractivity contribution is -0.141. The largest absolute Gasteiger partial charge is 0.481 e. The van der Waals surface area contributed by atoms with Crippen LogP contribution in [0.15, 0.2) is 35.2 Å². The van der Waals surface area contributed by atoms with E-state index in [-0.39, 0.29) is 17.6 Å². The smallest absolute Gasteiger partial charge is 0.307 e. The van der Waals surface area contributed by atoms with Gasteiger partial charge in [0, 0.05) is 11.1 Å². The minimum atomic E-state index is -3.44. The van der Waals surface area contributed by atoms with Crippen LogP contribution in [-0.2, 0) is 9.36 Å². The molecule has 4 nitrogen and oxygen atoms in total. The van der Waals surface area contributed by atoms with E-state index in [9.17, 15) is 14.3 Å². The fraction of sp³-hybridized carbons (Fsp3) is 0.500. The van der Waals surface area contributed by atoms with Gasteiger partial charge in [0.05, 0.1) is 11.4 Å². The molecular weight excluding hydrogens is 295 g/mol. The maximum absolute atomic E-state index is 12.2. The Kier molecular flexibility index (Phi) is 6.80. The van der Waals surface area contributed by atoms with Crippen LogP contribution in [0.5, 0.6) is 0 Å². The van der Waals surface area contributed by atoms with E-state index in [0.29, 0.717) is 6.42 Å². The van der Waals surface area contributed by atoms with Crippen molar-refractivity contribution in [2.24, 2.45) is 11.8 Å². The first kappa shape index (κ1) is 17.3. The Morgan fingerprint density at radius 2 is 1.90 bits per heavy atom. The first-order valence-corrected chi connectivity index (χ1v) is 9.53. The van der Waals surface area contributed by atoms with Crippen LogP contribution >= 0.6 is 19.1 Å². The van der Waals surface area contributed by atoms with Crippen LogP contribution in [0.2, 0.25) is 0 Å². The Morgan fingerprint density at radius 1 is 1.30 bits per heavy atom. The normalized spacial score (nSPS) is 15.8. The van der Waals surface area contributed by atoms with E-state index in [1.807, 2.05) is 44.2 Å². The van der Waals surface area contributed by atoms with Gasteiger partial charge in [-0.2, -0.15) is 0 Å². The summed E-state index contributed by atoms with van der Waals surface area (Å²) < 4.78 is 12.2. The van der Waals surface area contributed by atoms with Crippen LogP contribution in [-0.4, -0.2) is 27.6 Å². The zero-order valence-electron chi connectivity index (χ0n) is 11.7. The van der Waals surface area contributed by atoms with Crippen molar-refractivity contribution in [3.8, 4) is 0 Å². The summed E-state index contributed by atoms with van der Waals surface area (Å²) >= 11 is 1.29. The summed E-state index contributed by atoms with van der Waals surface area (Å²) in [7, 11) is -3.44. The van der Waals surface area contributed by atoms with Crippen LogP contribution in [0, 0.1) is 11.8 Å². The van der Waals surface area contributed by atoms with E-state index in [1.165, 1.54) is 11.8 Å². The fourth-order valence-corrected chi connectivity index (χ4v) is 5.08. The minimum Gasteiger partial charge on any atom is -0.481 e. The number of carboxylic acids is 1. The predicted octanol–water partition coefficient (Wildman–Crippen LogP) is 3.75. The molecule has 0 aliphatic heterocycles. The molecule has 0 spiro atoms. The molecule has 0 saturated carbocycles. The molecule has 6 heteroatoms. The molecule has 1 aromatic carbocycles. The average molecular weight is 316 g/mol. The van der Waals surface area contributed by atoms with Crippen molar-refractivity contribution in [1.29, 1.82) is 0 Å². The van der Waals surface area contributed by atoms with E-state index in [1.54, 1.807) is 0 Å². The highest BCUT2D eigenvalue weighted by Gasteiger charge is 2.29. The van der Waals surface area contributed by atoms with Crippen molar-refractivity contribution < 1.29 is 19.4 Å². The summed E-state index contributed by atoms with van der Waals surface area (Å²) in [4.78, 5) is 22.0. The van der Waals surface area contributed by atoms with Crippen LogP contribution in [0.3, 0.4) is 0 Å². The average Bonchev–Trinajstić information content (AvgIpc) is 2.36. The van der Waals surface area contributed by atoms with Crippen molar-refractivity contribution in [2.45, 2.75) is 25.2 Å². The fourth-order valence-electron chi connectivity index (χ4n) is 1.91. The van der Waals surface area contributed by atoms with Gasteiger partial charge in [-0.05, 0) is 24.5 Å². The van der Waals surface area contributed by atoms with Crippen LogP contribution in [0.25, 0.3) is 0 Å². The number of carboxylic acid groups (broad SMARTS) is 1. The number of benzene rings is 1. The Balaban J connectivity index is 2.58. The molecule has 2 N–H and O–H groups in total. The molecular formula is C14H21O4PS. The lowest BCUT2D eigenvalue weighted by atomic mass is 9.99. The molecule has 2 unspecified atom stereocenters. The van der Waals surface area contributed by atoms with Crippen molar-refractivity contribution in [1.82, 2.24) is 0 Å². The van der Waals surface area contributed by atoms with Gasteiger partial charge < -0.3 is 10.00 Å². The molecule has 0 saturated heterocycles. The molecule has 0 fully saturated rings. The number of hydrogen-bond acceptors (Lipinski definition) is 3. The van der Waals surface area contributed by atoms with Gasteiger partial charge in [0.15, 0.2) is 0 Å². The monoisotopic (exact) mass is 316 g/mol. The molecule has 2 atom stereocenters. The van der Waals surface area contributed by atoms with E-state index in [2.05, 4.69) is 0 Å². The van der Waals surface area contributed by atoms with Gasteiger partial charge >= 0.3 is 5.97 Å². The maximum atomic E-state index is 12.2. The molecule has 0 bridgehead atoms. The first-order valence-electron chi connectivity index (χ1n) is 6.51. The minimum absolute atomic E-state index is 0.0545. The molecule has 0 aromatic heterocycles. The highest BCUT2D eigenvalue weighted by atomic mass is 32.2. The van der Waals surface area contributed by atoms with Crippen LogP contribution in [0.1, 0.15) is 20.3 Å². The molecule has 0 aliphatic rings. The summed E-state index contributed by atoms with van der Waals surface area (Å²) in [5.41, 5.74) is 0.0545. The SMILES string of the molecule is CC(C)CC(CP(=O)(O)CSc1ccccc1)C(=O)O. The van der Waals surface area contributed by atoms with Crippen molar-refractivity contribution in [3.63, 3.8) is 0 Å². The second-order valence-corrected chi connectivity index (χ2v) is 9.13. The van der Waals surface area contributed by atoms with E-state index in [0.717, 1.165) is 4.90 Å². The summed E-state index contributed by atoms with van der Waals surface area (Å²) in [6, 6.07) is 9.35. The Morgan fingerprint density at radius 3 is 2.40 bits per heavy atom. The van der Waals surface area contributed by atoms with Gasteiger partial charge in [-0.25, -0.2) is 0 Å². The van der Waals surface area contributed by atoms with Gasteiger partial charge in [-0.15, -0.1) is 11.8 Å². The van der Waals surface area contributed by atoms with E-state index in [4.69, 9.17) is 5.11 Å². The second-order valence-electron chi connectivity index (χ2n) is 5.28. The van der Waals surface area contributed by atoms with Crippen molar-refractivity contribution in [2.75, 3.05) is 11.7 Å². The lowest BCUT2D eigenvalue weighted by Crippen LogP contribution is -2.20. The molecule has 0 aliphatic carbocycles. The molecule has 0 heterocycles. The Labute approximate surface area is 124 Å². The summed E-state index contributed by atoms with van der Waals surface area (Å²) in [5, 5.41) is 9.13. The van der Waals surface area contributed by atoms with Crippen molar-refractivity contribution >= 4 is 25.1 Å². The Bertz CT molecular complexity index is 475. The molecule has 0 amide bonds. The molecule has 0 radical (unpaired) electrons. The number of thioether (sulfide) groups is 1. The molecule has 20 heavy (non-hydrogen) atoms. The van der Waals surface area contributed by atoms with Gasteiger partial charge in [0.2, 0.25) is 7.37 Å². The highest BCUT2D eigenvalue weighted by Crippen LogP contribution is 2.48.